The monoisotopic (exact) mass is 360 g/mol. The Hall–Kier alpha value is -2.45. The predicted molar refractivity (Wildman–Crippen MR) is 83.1 cm³/mol. The number of rotatable bonds is 4. The molecule has 25 heavy (non-hydrogen) atoms. The van der Waals surface area contributed by atoms with E-state index in [0.717, 1.165) is 12.1 Å². The van der Waals surface area contributed by atoms with E-state index in [2.05, 4.69) is 10.1 Å². The van der Waals surface area contributed by atoms with Gasteiger partial charge < -0.3 is 19.7 Å². The van der Waals surface area contributed by atoms with Gasteiger partial charge in [-0.1, -0.05) is 6.07 Å². The first kappa shape index (κ1) is 18.9. The molecule has 1 aliphatic rings. The van der Waals surface area contributed by atoms with Gasteiger partial charge in [-0.2, -0.15) is 0 Å². The van der Waals surface area contributed by atoms with Crippen molar-refractivity contribution in [2.75, 3.05) is 25.0 Å². The van der Waals surface area contributed by atoms with Crippen molar-refractivity contribution in [3.63, 3.8) is 0 Å². The lowest BCUT2D eigenvalue weighted by Gasteiger charge is -2.30. The van der Waals surface area contributed by atoms with Gasteiger partial charge in [-0.3, -0.25) is 4.79 Å². The van der Waals surface area contributed by atoms with E-state index >= 15 is 0 Å². The number of hydrogen-bond donors (Lipinski definition) is 1. The van der Waals surface area contributed by atoms with Gasteiger partial charge in [0.1, 0.15) is 5.75 Å². The largest absolute Gasteiger partial charge is 0.573 e. The van der Waals surface area contributed by atoms with Crippen molar-refractivity contribution in [1.82, 2.24) is 4.90 Å². The molecule has 1 heterocycles. The fourth-order valence-electron chi connectivity index (χ4n) is 2.55. The van der Waals surface area contributed by atoms with Crippen LogP contribution in [-0.2, 0) is 9.53 Å². The van der Waals surface area contributed by atoms with Crippen LogP contribution in [0.3, 0.4) is 0 Å². The minimum atomic E-state index is -4.79. The smallest absolute Gasteiger partial charge is 0.466 e. The van der Waals surface area contributed by atoms with Crippen molar-refractivity contribution in [3.05, 3.63) is 24.3 Å². The highest BCUT2D eigenvalue weighted by atomic mass is 19.4. The van der Waals surface area contributed by atoms with E-state index in [1.165, 1.54) is 17.0 Å². The number of likely N-dealkylation sites (tertiary alicyclic amines) is 1. The van der Waals surface area contributed by atoms with Gasteiger partial charge in [0.05, 0.1) is 12.5 Å². The minimum Gasteiger partial charge on any atom is -0.466 e. The average Bonchev–Trinajstić information content (AvgIpc) is 2.54. The first-order valence-electron chi connectivity index (χ1n) is 7.87. The zero-order valence-electron chi connectivity index (χ0n) is 13.6. The maximum absolute atomic E-state index is 12.2. The van der Waals surface area contributed by atoms with Crippen LogP contribution < -0.4 is 10.1 Å². The Morgan fingerprint density at radius 3 is 2.56 bits per heavy atom. The molecule has 0 aromatic heterocycles. The molecule has 138 valence electrons. The van der Waals surface area contributed by atoms with Crippen LogP contribution in [0.5, 0.6) is 5.75 Å². The molecule has 0 atom stereocenters. The number of alkyl halides is 3. The molecule has 1 saturated heterocycles. The maximum Gasteiger partial charge on any atom is 0.573 e. The number of anilines is 1. The summed E-state index contributed by atoms with van der Waals surface area (Å²) in [5.74, 6) is -0.904. The number of esters is 1. The lowest BCUT2D eigenvalue weighted by atomic mass is 9.97. The van der Waals surface area contributed by atoms with E-state index in [0.29, 0.717) is 32.5 Å². The summed E-state index contributed by atoms with van der Waals surface area (Å²) in [6.45, 7) is 2.79. The number of halogens is 3. The molecule has 1 aliphatic heterocycles. The highest BCUT2D eigenvalue weighted by Crippen LogP contribution is 2.25. The van der Waals surface area contributed by atoms with Crippen molar-refractivity contribution < 1.29 is 32.2 Å². The third-order valence-corrected chi connectivity index (χ3v) is 3.72. The minimum absolute atomic E-state index is 0.194. The molecule has 0 saturated carbocycles. The number of urea groups is 1. The Morgan fingerprint density at radius 2 is 1.96 bits per heavy atom. The third-order valence-electron chi connectivity index (χ3n) is 3.72. The van der Waals surface area contributed by atoms with Crippen LogP contribution in [0.2, 0.25) is 0 Å². The average molecular weight is 360 g/mol. The van der Waals surface area contributed by atoms with Gasteiger partial charge in [0, 0.05) is 24.8 Å². The number of benzene rings is 1. The van der Waals surface area contributed by atoms with Crippen LogP contribution in [-0.4, -0.2) is 43.0 Å². The molecule has 2 rings (SSSR count). The highest BCUT2D eigenvalue weighted by Gasteiger charge is 2.31. The number of hydrogen-bond acceptors (Lipinski definition) is 4. The summed E-state index contributed by atoms with van der Waals surface area (Å²) in [6, 6.07) is 4.62. The molecule has 1 fully saturated rings. The first-order chi connectivity index (χ1) is 11.8. The first-order valence-corrected chi connectivity index (χ1v) is 7.87. The van der Waals surface area contributed by atoms with Crippen LogP contribution in [0.25, 0.3) is 0 Å². The summed E-state index contributed by atoms with van der Waals surface area (Å²) < 4.78 is 45.5. The SMILES string of the molecule is CCOC(=O)C1CCN(C(=O)Nc2cccc(OC(F)(F)F)c2)CC1. The van der Waals surface area contributed by atoms with Crippen molar-refractivity contribution in [2.24, 2.45) is 5.92 Å². The molecule has 0 spiro atoms. The molecule has 1 aromatic rings. The molecule has 0 bridgehead atoms. The molecule has 0 aliphatic carbocycles. The second-order valence-electron chi connectivity index (χ2n) is 5.52. The Kier molecular flexibility index (Phi) is 6.11. The number of carbonyl (C=O) groups is 2. The zero-order valence-corrected chi connectivity index (χ0v) is 13.6. The van der Waals surface area contributed by atoms with Gasteiger partial charge in [0.2, 0.25) is 0 Å². The third kappa shape index (κ3) is 5.84. The lowest BCUT2D eigenvalue weighted by Crippen LogP contribution is -2.42. The molecule has 6 nitrogen and oxygen atoms in total. The topological polar surface area (TPSA) is 67.9 Å². The van der Waals surface area contributed by atoms with Gasteiger partial charge in [-0.15, -0.1) is 13.2 Å². The number of amides is 2. The van der Waals surface area contributed by atoms with Gasteiger partial charge in [-0.25, -0.2) is 4.79 Å². The normalized spacial score (nSPS) is 15.6. The number of nitrogens with one attached hydrogen (secondary N) is 1. The Balaban J connectivity index is 1.89. The van der Waals surface area contributed by atoms with Gasteiger partial charge in [-0.05, 0) is 31.9 Å². The summed E-state index contributed by atoms with van der Waals surface area (Å²) in [4.78, 5) is 25.4. The summed E-state index contributed by atoms with van der Waals surface area (Å²) in [6.07, 6.45) is -3.81. The van der Waals surface area contributed by atoms with Crippen LogP contribution in [0.15, 0.2) is 24.3 Å². The fraction of sp³-hybridized carbons (Fsp3) is 0.500. The van der Waals surface area contributed by atoms with Gasteiger partial charge in [0.15, 0.2) is 0 Å². The van der Waals surface area contributed by atoms with Crippen LogP contribution in [0.4, 0.5) is 23.7 Å². The van der Waals surface area contributed by atoms with Crippen molar-refractivity contribution in [1.29, 1.82) is 0 Å². The maximum atomic E-state index is 12.2. The predicted octanol–water partition coefficient (Wildman–Crippen LogP) is 3.39. The van der Waals surface area contributed by atoms with E-state index in [1.54, 1.807) is 6.92 Å². The summed E-state index contributed by atoms with van der Waals surface area (Å²) in [7, 11) is 0. The second kappa shape index (κ2) is 8.09. The second-order valence-corrected chi connectivity index (χ2v) is 5.52. The number of piperidine rings is 1. The van der Waals surface area contributed by atoms with Crippen molar-refractivity contribution in [3.8, 4) is 5.75 Å². The summed E-state index contributed by atoms with van der Waals surface area (Å²) >= 11 is 0. The molecule has 1 aromatic carbocycles. The van der Waals surface area contributed by atoms with E-state index < -0.39 is 18.1 Å². The van der Waals surface area contributed by atoms with Crippen molar-refractivity contribution in [2.45, 2.75) is 26.1 Å². The van der Waals surface area contributed by atoms with Gasteiger partial charge in [0.25, 0.3) is 0 Å². The molecule has 2 amide bonds. The molecule has 0 unspecified atom stereocenters. The number of carbonyl (C=O) groups excluding carboxylic acids is 2. The van der Waals surface area contributed by atoms with Crippen LogP contribution in [0.1, 0.15) is 19.8 Å². The molecule has 0 radical (unpaired) electrons. The van der Waals surface area contributed by atoms with E-state index in [-0.39, 0.29) is 17.6 Å². The van der Waals surface area contributed by atoms with Gasteiger partial charge >= 0.3 is 18.4 Å². The lowest BCUT2D eigenvalue weighted by molar-refractivity contribution is -0.274. The Morgan fingerprint density at radius 1 is 1.28 bits per heavy atom. The summed E-state index contributed by atoms with van der Waals surface area (Å²) in [5.41, 5.74) is 0.194. The van der Waals surface area contributed by atoms with E-state index in [1.807, 2.05) is 0 Å². The van der Waals surface area contributed by atoms with E-state index in [4.69, 9.17) is 4.74 Å². The molecular formula is C16H19F3N2O4. The Labute approximate surface area is 142 Å². The Bertz CT molecular complexity index is 614. The molecular weight excluding hydrogens is 341 g/mol. The van der Waals surface area contributed by atoms with E-state index in [9.17, 15) is 22.8 Å². The van der Waals surface area contributed by atoms with Crippen LogP contribution in [0, 0.1) is 5.92 Å². The fourth-order valence-corrected chi connectivity index (χ4v) is 2.55. The highest BCUT2D eigenvalue weighted by molar-refractivity contribution is 5.89. The van der Waals surface area contributed by atoms with Crippen molar-refractivity contribution >= 4 is 17.7 Å². The zero-order chi connectivity index (χ0) is 18.4. The number of ether oxygens (including phenoxy) is 2. The molecule has 9 heteroatoms. The van der Waals surface area contributed by atoms with Crippen LogP contribution >= 0.6 is 0 Å². The quantitative estimate of drug-likeness (QED) is 0.836. The standard InChI is InChI=1S/C16H19F3N2O4/c1-2-24-14(22)11-6-8-21(9-7-11)15(23)20-12-4-3-5-13(10-12)25-16(17,18)19/h3-5,10-11H,2,6-9H2,1H3,(H,20,23). The number of nitrogens with zero attached hydrogens (tertiary/aromatic N) is 1. The summed E-state index contributed by atoms with van der Waals surface area (Å²) in [5, 5.41) is 2.53. The molecule has 1 N–H and O–H groups in total.